The minimum absolute atomic E-state index is 0.240. The highest BCUT2D eigenvalue weighted by Crippen LogP contribution is 2.24. The number of hydrogen-bond acceptors (Lipinski definition) is 4. The topological polar surface area (TPSA) is 71.1 Å². The van der Waals surface area contributed by atoms with E-state index in [1.54, 1.807) is 19.1 Å². The largest absolute Gasteiger partial charge is 0.350 e. The minimum atomic E-state index is -0.421. The molecule has 3 rings (SSSR count). The molecule has 2 amide bonds. The van der Waals surface area contributed by atoms with Crippen LogP contribution in [0.15, 0.2) is 54.7 Å². The summed E-state index contributed by atoms with van der Waals surface area (Å²) in [5, 5.41) is 6.16. The summed E-state index contributed by atoms with van der Waals surface area (Å²) in [6.45, 7) is 2.14. The van der Waals surface area contributed by atoms with Gasteiger partial charge in [-0.2, -0.15) is 0 Å². The highest BCUT2D eigenvalue weighted by molar-refractivity contribution is 7.16. The third kappa shape index (κ3) is 4.77. The second kappa shape index (κ2) is 8.55. The maximum atomic E-state index is 13.5. The highest BCUT2D eigenvalue weighted by atomic mass is 32.1. The highest BCUT2D eigenvalue weighted by Gasteiger charge is 2.12. The van der Waals surface area contributed by atoms with Gasteiger partial charge in [-0.05, 0) is 24.6 Å². The molecule has 0 bridgehead atoms. The first-order valence-corrected chi connectivity index (χ1v) is 9.20. The first kappa shape index (κ1) is 18.7. The molecule has 2 aromatic carbocycles. The van der Waals surface area contributed by atoms with E-state index < -0.39 is 5.82 Å². The molecule has 5 nitrogen and oxygen atoms in total. The Morgan fingerprint density at radius 3 is 2.44 bits per heavy atom. The Morgan fingerprint density at radius 2 is 1.74 bits per heavy atom. The van der Waals surface area contributed by atoms with Gasteiger partial charge in [-0.3, -0.25) is 9.59 Å². The van der Waals surface area contributed by atoms with Crippen LogP contribution in [0.5, 0.6) is 0 Å². The first-order chi connectivity index (χ1) is 13.0. The Labute approximate surface area is 160 Å². The molecule has 3 aromatic rings. The van der Waals surface area contributed by atoms with Crippen LogP contribution < -0.4 is 10.6 Å². The van der Waals surface area contributed by atoms with Gasteiger partial charge in [0.15, 0.2) is 0 Å². The van der Waals surface area contributed by atoms with E-state index in [0.717, 1.165) is 10.6 Å². The van der Waals surface area contributed by atoms with Gasteiger partial charge < -0.3 is 10.6 Å². The smallest absolute Gasteiger partial charge is 0.263 e. The number of hydrogen-bond donors (Lipinski definition) is 2. The molecule has 7 heteroatoms. The van der Waals surface area contributed by atoms with Gasteiger partial charge in [0.1, 0.15) is 15.7 Å². The number of nitrogens with one attached hydrogen (secondary N) is 2. The Morgan fingerprint density at radius 1 is 1.04 bits per heavy atom. The van der Waals surface area contributed by atoms with Crippen molar-refractivity contribution in [2.24, 2.45) is 0 Å². The van der Waals surface area contributed by atoms with Crippen molar-refractivity contribution >= 4 is 23.2 Å². The molecule has 0 spiro atoms. The summed E-state index contributed by atoms with van der Waals surface area (Å²) < 4.78 is 13.5. The van der Waals surface area contributed by atoms with Crippen molar-refractivity contribution in [1.29, 1.82) is 0 Å². The van der Waals surface area contributed by atoms with Crippen LogP contribution in [-0.2, 0) is 0 Å². The summed E-state index contributed by atoms with van der Waals surface area (Å²) in [4.78, 5) is 28.9. The number of amides is 2. The third-order valence-electron chi connectivity index (χ3n) is 3.88. The zero-order valence-electron chi connectivity index (χ0n) is 14.7. The van der Waals surface area contributed by atoms with E-state index in [-0.39, 0.29) is 30.5 Å². The van der Waals surface area contributed by atoms with Gasteiger partial charge in [-0.25, -0.2) is 9.37 Å². The normalized spacial score (nSPS) is 10.4. The van der Waals surface area contributed by atoms with Crippen molar-refractivity contribution in [1.82, 2.24) is 15.6 Å². The van der Waals surface area contributed by atoms with Gasteiger partial charge in [0.05, 0.1) is 6.20 Å². The summed E-state index contributed by atoms with van der Waals surface area (Å²) >= 11 is 1.31. The van der Waals surface area contributed by atoms with Crippen molar-refractivity contribution in [2.75, 3.05) is 13.1 Å². The van der Waals surface area contributed by atoms with E-state index in [9.17, 15) is 14.0 Å². The van der Waals surface area contributed by atoms with Gasteiger partial charge in [0.2, 0.25) is 0 Å². The number of thiazole rings is 1. The average Bonchev–Trinajstić information content (AvgIpc) is 3.18. The first-order valence-electron chi connectivity index (χ1n) is 8.38. The second-order valence-electron chi connectivity index (χ2n) is 5.87. The van der Waals surface area contributed by atoms with Crippen molar-refractivity contribution < 1.29 is 14.0 Å². The average molecular weight is 383 g/mol. The number of aryl methyl sites for hydroxylation is 1. The van der Waals surface area contributed by atoms with E-state index in [1.807, 2.05) is 30.3 Å². The molecule has 27 heavy (non-hydrogen) atoms. The fraction of sp³-hybridized carbons (Fsp3) is 0.150. The number of aromatic nitrogens is 1. The molecule has 2 N–H and O–H groups in total. The molecule has 0 radical (unpaired) electrons. The van der Waals surface area contributed by atoms with Gasteiger partial charge in [0, 0.05) is 24.2 Å². The van der Waals surface area contributed by atoms with E-state index >= 15 is 0 Å². The number of carbonyl (C=O) groups excluding carboxylic acids is 2. The molecule has 0 atom stereocenters. The van der Waals surface area contributed by atoms with Gasteiger partial charge in [-0.1, -0.05) is 36.4 Å². The van der Waals surface area contributed by atoms with E-state index in [0.29, 0.717) is 10.4 Å². The summed E-state index contributed by atoms with van der Waals surface area (Å²) in [6, 6.07) is 13.9. The van der Waals surface area contributed by atoms with Crippen molar-refractivity contribution in [2.45, 2.75) is 6.92 Å². The van der Waals surface area contributed by atoms with E-state index in [2.05, 4.69) is 15.6 Å². The van der Waals surface area contributed by atoms with Gasteiger partial charge in [0.25, 0.3) is 11.8 Å². The molecular formula is C20H18FN3O2S. The Bertz CT molecular complexity index is 957. The fourth-order valence-electron chi connectivity index (χ4n) is 2.37. The van der Waals surface area contributed by atoms with Crippen LogP contribution in [0.4, 0.5) is 4.39 Å². The number of benzene rings is 2. The third-order valence-corrected chi connectivity index (χ3v) is 4.93. The van der Waals surface area contributed by atoms with Gasteiger partial charge in [-0.15, -0.1) is 11.3 Å². The van der Waals surface area contributed by atoms with Crippen molar-refractivity contribution in [3.8, 4) is 10.6 Å². The monoisotopic (exact) mass is 383 g/mol. The number of nitrogens with zero attached hydrogens (tertiary/aromatic N) is 1. The molecule has 0 aliphatic carbocycles. The van der Waals surface area contributed by atoms with E-state index in [4.69, 9.17) is 0 Å². The maximum absolute atomic E-state index is 13.5. The van der Waals surface area contributed by atoms with Crippen LogP contribution in [0, 0.1) is 12.7 Å². The van der Waals surface area contributed by atoms with Crippen LogP contribution in [0.25, 0.3) is 10.6 Å². The number of rotatable bonds is 6. The summed E-state index contributed by atoms with van der Waals surface area (Å²) in [7, 11) is 0. The molecular weight excluding hydrogens is 365 g/mol. The molecule has 138 valence electrons. The van der Waals surface area contributed by atoms with Crippen LogP contribution in [0.2, 0.25) is 0 Å². The molecule has 1 aromatic heterocycles. The van der Waals surface area contributed by atoms with Gasteiger partial charge >= 0.3 is 0 Å². The number of carbonyl (C=O) groups is 2. The Balaban J connectivity index is 1.48. The summed E-state index contributed by atoms with van der Waals surface area (Å²) in [5.74, 6) is -1.05. The predicted octanol–water partition coefficient (Wildman–Crippen LogP) is 3.42. The van der Waals surface area contributed by atoms with Crippen molar-refractivity contribution in [3.05, 3.63) is 76.5 Å². The van der Waals surface area contributed by atoms with Crippen LogP contribution in [-0.4, -0.2) is 29.9 Å². The molecule has 0 aliphatic rings. The quantitative estimate of drug-likeness (QED) is 0.641. The van der Waals surface area contributed by atoms with Crippen LogP contribution >= 0.6 is 11.3 Å². The number of halogens is 1. The predicted molar refractivity (Wildman–Crippen MR) is 103 cm³/mol. The van der Waals surface area contributed by atoms with E-state index in [1.165, 1.54) is 23.6 Å². The Hall–Kier alpha value is -3.06. The molecule has 0 aliphatic heterocycles. The summed E-state index contributed by atoms with van der Waals surface area (Å²) in [6.07, 6.45) is 1.54. The maximum Gasteiger partial charge on any atom is 0.263 e. The zero-order chi connectivity index (χ0) is 19.2. The lowest BCUT2D eigenvalue weighted by Gasteiger charge is -2.07. The molecule has 1 heterocycles. The van der Waals surface area contributed by atoms with Crippen LogP contribution in [0.1, 0.15) is 25.6 Å². The second-order valence-corrected chi connectivity index (χ2v) is 6.90. The lowest BCUT2D eigenvalue weighted by Crippen LogP contribution is -2.34. The zero-order valence-corrected chi connectivity index (χ0v) is 15.5. The van der Waals surface area contributed by atoms with Crippen LogP contribution in [0.3, 0.4) is 0 Å². The standard InChI is InChI=1S/C20H18FN3O2S/c1-13-7-8-15(11-16(13)21)18(25)22-9-10-23-19(26)17-12-24-20(27-17)14-5-3-2-4-6-14/h2-8,11-12H,9-10H2,1H3,(H,22,25)(H,23,26). The molecule has 0 saturated carbocycles. The fourth-order valence-corrected chi connectivity index (χ4v) is 3.21. The molecule has 0 unspecified atom stereocenters. The van der Waals surface area contributed by atoms with Crippen molar-refractivity contribution in [3.63, 3.8) is 0 Å². The molecule has 0 fully saturated rings. The minimum Gasteiger partial charge on any atom is -0.350 e. The summed E-state index contributed by atoms with van der Waals surface area (Å²) in [5.41, 5.74) is 1.69. The lowest BCUT2D eigenvalue weighted by molar-refractivity contribution is 0.0929. The molecule has 0 saturated heterocycles. The Kier molecular flexibility index (Phi) is 5.93. The SMILES string of the molecule is Cc1ccc(C(=O)NCCNC(=O)c2cnc(-c3ccccc3)s2)cc1F. The lowest BCUT2D eigenvalue weighted by atomic mass is 10.1.